The number of aryl methyl sites for hydroxylation is 2. The maximum atomic E-state index is 10.9. The summed E-state index contributed by atoms with van der Waals surface area (Å²) in [5.74, 6) is 1.08. The lowest BCUT2D eigenvalue weighted by Crippen LogP contribution is -2.26. The van der Waals surface area contributed by atoms with Gasteiger partial charge in [-0.2, -0.15) is 0 Å². The largest absolute Gasteiger partial charge is 0.492 e. The Labute approximate surface area is 109 Å². The predicted molar refractivity (Wildman–Crippen MR) is 74.0 cm³/mol. The van der Waals surface area contributed by atoms with Gasteiger partial charge < -0.3 is 10.1 Å². The first-order chi connectivity index (χ1) is 8.40. The molecule has 0 amide bonds. The van der Waals surface area contributed by atoms with Crippen LogP contribution in [0.15, 0.2) is 18.2 Å². The maximum Gasteiger partial charge on any atom is 0.148 e. The highest BCUT2D eigenvalue weighted by atomic mass is 32.2. The Bertz CT molecular complexity index is 463. The summed E-state index contributed by atoms with van der Waals surface area (Å²) in [5.41, 5.74) is 2.23. The topological polar surface area (TPSA) is 55.4 Å². The van der Waals surface area contributed by atoms with Gasteiger partial charge in [0.15, 0.2) is 0 Å². The summed E-state index contributed by atoms with van der Waals surface area (Å²) < 4.78 is 27.5. The second-order valence-electron chi connectivity index (χ2n) is 4.45. The van der Waals surface area contributed by atoms with Crippen molar-refractivity contribution < 1.29 is 13.2 Å². The zero-order valence-corrected chi connectivity index (χ0v) is 12.0. The SMILES string of the molecule is Cc1cccc(C)c1OCCNCCS(C)(=O)=O. The summed E-state index contributed by atoms with van der Waals surface area (Å²) in [6.45, 7) is 5.67. The molecule has 1 N–H and O–H groups in total. The molecule has 102 valence electrons. The van der Waals surface area contributed by atoms with Crippen molar-refractivity contribution in [1.29, 1.82) is 0 Å². The highest BCUT2D eigenvalue weighted by molar-refractivity contribution is 7.90. The minimum Gasteiger partial charge on any atom is -0.492 e. The molecule has 0 aliphatic heterocycles. The standard InChI is InChI=1S/C13H21NO3S/c1-11-5-4-6-12(2)13(11)17-9-7-14-8-10-18(3,15)16/h4-6,14H,7-10H2,1-3H3. The molecule has 5 heteroatoms. The molecule has 0 aliphatic carbocycles. The fraction of sp³-hybridized carbons (Fsp3) is 0.538. The van der Waals surface area contributed by atoms with Crippen molar-refractivity contribution in [2.75, 3.05) is 31.7 Å². The number of ether oxygens (including phenoxy) is 1. The monoisotopic (exact) mass is 271 g/mol. The molecule has 0 atom stereocenters. The maximum absolute atomic E-state index is 10.9. The molecule has 0 fully saturated rings. The number of para-hydroxylation sites is 1. The average molecular weight is 271 g/mol. The smallest absolute Gasteiger partial charge is 0.148 e. The zero-order chi connectivity index (χ0) is 13.6. The Hall–Kier alpha value is -1.07. The van der Waals surface area contributed by atoms with Crippen LogP contribution < -0.4 is 10.1 Å². The summed E-state index contributed by atoms with van der Waals surface area (Å²) in [6.07, 6.45) is 1.24. The molecule has 0 radical (unpaired) electrons. The van der Waals surface area contributed by atoms with Gasteiger partial charge in [0.1, 0.15) is 22.2 Å². The summed E-state index contributed by atoms with van der Waals surface area (Å²) >= 11 is 0. The van der Waals surface area contributed by atoms with Crippen LogP contribution in [0.4, 0.5) is 0 Å². The quantitative estimate of drug-likeness (QED) is 0.760. The van der Waals surface area contributed by atoms with E-state index in [4.69, 9.17) is 4.74 Å². The van der Waals surface area contributed by atoms with Crippen molar-refractivity contribution in [3.8, 4) is 5.75 Å². The molecule has 0 bridgehead atoms. The van der Waals surface area contributed by atoms with E-state index < -0.39 is 9.84 Å². The first-order valence-corrected chi connectivity index (χ1v) is 8.03. The van der Waals surface area contributed by atoms with Gasteiger partial charge in [0.05, 0.1) is 5.75 Å². The fourth-order valence-corrected chi connectivity index (χ4v) is 2.15. The lowest BCUT2D eigenvalue weighted by atomic mass is 10.1. The molecule has 1 aromatic rings. The Morgan fingerprint density at radius 2 is 1.78 bits per heavy atom. The number of nitrogens with one attached hydrogen (secondary N) is 1. The van der Waals surface area contributed by atoms with Gasteiger partial charge in [-0.15, -0.1) is 0 Å². The third kappa shape index (κ3) is 5.51. The van der Waals surface area contributed by atoms with Gasteiger partial charge in [0.2, 0.25) is 0 Å². The minimum absolute atomic E-state index is 0.163. The Morgan fingerprint density at radius 3 is 2.33 bits per heavy atom. The Balaban J connectivity index is 2.26. The van der Waals surface area contributed by atoms with Crippen LogP contribution in [0.2, 0.25) is 0 Å². The van der Waals surface area contributed by atoms with E-state index in [0.29, 0.717) is 19.7 Å². The molecule has 0 aliphatic rings. The molecule has 0 aromatic heterocycles. The van der Waals surface area contributed by atoms with Gasteiger partial charge in [-0.25, -0.2) is 8.42 Å². The van der Waals surface area contributed by atoms with Gasteiger partial charge in [-0.05, 0) is 25.0 Å². The first-order valence-electron chi connectivity index (χ1n) is 5.97. The average Bonchev–Trinajstić information content (AvgIpc) is 2.25. The van der Waals surface area contributed by atoms with Crippen LogP contribution in [-0.2, 0) is 9.84 Å². The molecule has 0 unspecified atom stereocenters. The van der Waals surface area contributed by atoms with E-state index in [2.05, 4.69) is 5.32 Å². The summed E-state index contributed by atoms with van der Waals surface area (Å²) in [5, 5.41) is 3.05. The first kappa shape index (κ1) is 15.0. The van der Waals surface area contributed by atoms with E-state index in [-0.39, 0.29) is 5.75 Å². The molecule has 4 nitrogen and oxygen atoms in total. The van der Waals surface area contributed by atoms with E-state index in [1.807, 2.05) is 32.0 Å². The van der Waals surface area contributed by atoms with E-state index in [0.717, 1.165) is 16.9 Å². The molecular formula is C13H21NO3S. The van der Waals surface area contributed by atoms with Crippen molar-refractivity contribution in [2.45, 2.75) is 13.8 Å². The van der Waals surface area contributed by atoms with E-state index >= 15 is 0 Å². The Kier molecular flexibility index (Phi) is 5.62. The molecular weight excluding hydrogens is 250 g/mol. The second kappa shape index (κ2) is 6.75. The van der Waals surface area contributed by atoms with E-state index in [9.17, 15) is 8.42 Å². The molecule has 1 rings (SSSR count). The molecule has 0 spiro atoms. The number of benzene rings is 1. The van der Waals surface area contributed by atoms with Gasteiger partial charge in [-0.1, -0.05) is 18.2 Å². The zero-order valence-electron chi connectivity index (χ0n) is 11.2. The summed E-state index contributed by atoms with van der Waals surface area (Å²) in [6, 6.07) is 6.03. The van der Waals surface area contributed by atoms with Crippen LogP contribution in [0.3, 0.4) is 0 Å². The van der Waals surface area contributed by atoms with Gasteiger partial charge in [-0.3, -0.25) is 0 Å². The van der Waals surface area contributed by atoms with Crippen molar-refractivity contribution in [3.05, 3.63) is 29.3 Å². The third-order valence-electron chi connectivity index (χ3n) is 2.58. The van der Waals surface area contributed by atoms with E-state index in [1.54, 1.807) is 0 Å². The fourth-order valence-electron chi connectivity index (χ4n) is 1.63. The molecule has 18 heavy (non-hydrogen) atoms. The highest BCUT2D eigenvalue weighted by Crippen LogP contribution is 2.21. The number of sulfone groups is 1. The second-order valence-corrected chi connectivity index (χ2v) is 6.71. The van der Waals surface area contributed by atoms with Gasteiger partial charge in [0.25, 0.3) is 0 Å². The van der Waals surface area contributed by atoms with Crippen LogP contribution in [-0.4, -0.2) is 40.1 Å². The van der Waals surface area contributed by atoms with Crippen LogP contribution >= 0.6 is 0 Å². The number of rotatable bonds is 7. The van der Waals surface area contributed by atoms with Crippen LogP contribution in [0.1, 0.15) is 11.1 Å². The lowest BCUT2D eigenvalue weighted by Gasteiger charge is -2.12. The van der Waals surface area contributed by atoms with Gasteiger partial charge in [0, 0.05) is 19.3 Å². The van der Waals surface area contributed by atoms with Gasteiger partial charge >= 0.3 is 0 Å². The van der Waals surface area contributed by atoms with Crippen LogP contribution in [0, 0.1) is 13.8 Å². The van der Waals surface area contributed by atoms with E-state index in [1.165, 1.54) is 6.26 Å². The molecule has 0 saturated carbocycles. The normalized spacial score (nSPS) is 11.5. The predicted octanol–water partition coefficient (Wildman–Crippen LogP) is 1.32. The Morgan fingerprint density at radius 1 is 1.17 bits per heavy atom. The van der Waals surface area contributed by atoms with Crippen LogP contribution in [0.5, 0.6) is 5.75 Å². The summed E-state index contributed by atoms with van der Waals surface area (Å²) in [4.78, 5) is 0. The summed E-state index contributed by atoms with van der Waals surface area (Å²) in [7, 11) is -2.88. The highest BCUT2D eigenvalue weighted by Gasteiger charge is 2.03. The van der Waals surface area contributed by atoms with Crippen LogP contribution in [0.25, 0.3) is 0 Å². The lowest BCUT2D eigenvalue weighted by molar-refractivity contribution is 0.311. The molecule has 0 saturated heterocycles. The number of hydrogen-bond donors (Lipinski definition) is 1. The van der Waals surface area contributed by atoms with Crippen molar-refractivity contribution in [2.24, 2.45) is 0 Å². The number of hydrogen-bond acceptors (Lipinski definition) is 4. The molecule has 1 aromatic carbocycles. The van der Waals surface area contributed by atoms with Crippen molar-refractivity contribution in [1.82, 2.24) is 5.32 Å². The van der Waals surface area contributed by atoms with Crippen molar-refractivity contribution in [3.63, 3.8) is 0 Å². The van der Waals surface area contributed by atoms with Crippen molar-refractivity contribution >= 4 is 9.84 Å². The minimum atomic E-state index is -2.88. The molecule has 0 heterocycles. The third-order valence-corrected chi connectivity index (χ3v) is 3.53.